The van der Waals surface area contributed by atoms with Crippen LogP contribution < -0.4 is 0 Å². The summed E-state index contributed by atoms with van der Waals surface area (Å²) in [4.78, 5) is 9.06. The second kappa shape index (κ2) is 10.8. The highest BCUT2D eigenvalue weighted by molar-refractivity contribution is 6.41. The van der Waals surface area contributed by atoms with Crippen molar-refractivity contribution in [1.29, 1.82) is 0 Å². The SMILES string of the molecule is Clc1cc(Cl)c(C(c2c(Cl)cncc2Cl)c2c(Cl)cc(-n3c4ccccc4n4c5ccccc5nc34)cc2Cl)c(Cl)c1. The van der Waals surface area contributed by atoms with Crippen molar-refractivity contribution in [3.05, 3.63) is 137 Å². The molecule has 0 radical (unpaired) electrons. The quantitative estimate of drug-likeness (QED) is 0.184. The first-order chi connectivity index (χ1) is 20.2. The zero-order valence-electron chi connectivity index (χ0n) is 21.1. The van der Waals surface area contributed by atoms with Gasteiger partial charge in [0.15, 0.2) is 0 Å². The fraction of sp³-hybridized carbons (Fsp3) is 0.0323. The monoisotopic (exact) mass is 688 g/mol. The van der Waals surface area contributed by atoms with Crippen LogP contribution in [0.5, 0.6) is 0 Å². The number of imidazole rings is 2. The average Bonchev–Trinajstić information content (AvgIpc) is 3.46. The van der Waals surface area contributed by atoms with Crippen molar-refractivity contribution >= 4 is 109 Å². The van der Waals surface area contributed by atoms with Crippen molar-refractivity contribution in [2.24, 2.45) is 0 Å². The first-order valence-electron chi connectivity index (χ1n) is 12.5. The molecule has 0 saturated heterocycles. The fourth-order valence-electron chi connectivity index (χ4n) is 5.54. The molecular formula is C31H15Cl7N4. The summed E-state index contributed by atoms with van der Waals surface area (Å²) in [6, 6.07) is 22.9. The summed E-state index contributed by atoms with van der Waals surface area (Å²) >= 11 is 47.4. The van der Waals surface area contributed by atoms with E-state index in [0.717, 1.165) is 27.8 Å². The minimum atomic E-state index is -0.741. The molecule has 208 valence electrons. The molecule has 0 saturated carbocycles. The summed E-state index contributed by atoms with van der Waals surface area (Å²) in [5.74, 6) is -0.0207. The van der Waals surface area contributed by atoms with Crippen LogP contribution in [0.25, 0.3) is 33.5 Å². The van der Waals surface area contributed by atoms with Crippen LogP contribution in [0.3, 0.4) is 0 Å². The smallest absolute Gasteiger partial charge is 0.220 e. The summed E-state index contributed by atoms with van der Waals surface area (Å²) in [5.41, 5.74) is 6.03. The maximum Gasteiger partial charge on any atom is 0.220 e. The molecule has 1 unspecified atom stereocenters. The highest BCUT2D eigenvalue weighted by atomic mass is 35.5. The summed E-state index contributed by atoms with van der Waals surface area (Å²) in [6.45, 7) is 0. The molecule has 0 bridgehead atoms. The average molecular weight is 692 g/mol. The first kappa shape index (κ1) is 28.1. The molecule has 3 heterocycles. The fourth-order valence-corrected chi connectivity index (χ4v) is 7.85. The Bertz CT molecular complexity index is 2140. The number of fused-ring (bicyclic) bond motifs is 5. The Morgan fingerprint density at radius 3 is 1.67 bits per heavy atom. The van der Waals surface area contributed by atoms with Gasteiger partial charge in [-0.2, -0.15) is 0 Å². The predicted octanol–water partition coefficient (Wildman–Crippen LogP) is 11.6. The van der Waals surface area contributed by atoms with Gasteiger partial charge in [-0.05, 0) is 48.5 Å². The number of nitrogens with zero attached hydrogens (tertiary/aromatic N) is 4. The molecule has 7 rings (SSSR count). The van der Waals surface area contributed by atoms with E-state index in [1.165, 1.54) is 12.4 Å². The van der Waals surface area contributed by atoms with Crippen molar-refractivity contribution in [3.63, 3.8) is 0 Å². The second-order valence-electron chi connectivity index (χ2n) is 9.62. The van der Waals surface area contributed by atoms with Crippen molar-refractivity contribution in [3.8, 4) is 5.69 Å². The van der Waals surface area contributed by atoms with E-state index < -0.39 is 5.92 Å². The predicted molar refractivity (Wildman–Crippen MR) is 176 cm³/mol. The molecule has 42 heavy (non-hydrogen) atoms. The van der Waals surface area contributed by atoms with Gasteiger partial charge in [0, 0.05) is 60.1 Å². The van der Waals surface area contributed by atoms with Crippen LogP contribution in [0.4, 0.5) is 0 Å². The van der Waals surface area contributed by atoms with E-state index in [1.54, 1.807) is 12.1 Å². The van der Waals surface area contributed by atoms with Crippen LogP contribution in [0, 0.1) is 0 Å². The lowest BCUT2D eigenvalue weighted by Crippen LogP contribution is -2.09. The Labute approximate surface area is 274 Å². The zero-order chi connectivity index (χ0) is 29.3. The van der Waals surface area contributed by atoms with Crippen LogP contribution in [0.1, 0.15) is 22.6 Å². The van der Waals surface area contributed by atoms with Crippen LogP contribution in [-0.2, 0) is 0 Å². The largest absolute Gasteiger partial charge is 0.278 e. The van der Waals surface area contributed by atoms with E-state index in [1.807, 2.05) is 59.2 Å². The molecule has 11 heteroatoms. The number of rotatable bonds is 4. The number of halogens is 7. The van der Waals surface area contributed by atoms with Crippen LogP contribution in [0.2, 0.25) is 35.2 Å². The van der Waals surface area contributed by atoms with Crippen LogP contribution >= 0.6 is 81.2 Å². The lowest BCUT2D eigenvalue weighted by atomic mass is 9.85. The number of aromatic nitrogens is 4. The van der Waals surface area contributed by atoms with Gasteiger partial charge in [-0.25, -0.2) is 4.98 Å². The Hall–Kier alpha value is -2.67. The van der Waals surface area contributed by atoms with Gasteiger partial charge < -0.3 is 0 Å². The molecule has 0 aliphatic heterocycles. The lowest BCUT2D eigenvalue weighted by molar-refractivity contribution is 0.968. The van der Waals surface area contributed by atoms with Gasteiger partial charge in [0.1, 0.15) is 0 Å². The lowest BCUT2D eigenvalue weighted by Gasteiger charge is -2.25. The topological polar surface area (TPSA) is 35.1 Å². The molecule has 4 aromatic carbocycles. The van der Waals surface area contributed by atoms with Gasteiger partial charge >= 0.3 is 0 Å². The van der Waals surface area contributed by atoms with E-state index in [0.29, 0.717) is 57.5 Å². The maximum atomic E-state index is 7.13. The van der Waals surface area contributed by atoms with E-state index in [-0.39, 0.29) is 0 Å². The molecule has 0 fully saturated rings. The van der Waals surface area contributed by atoms with Crippen LogP contribution in [0.15, 0.2) is 85.2 Å². The Balaban J connectivity index is 1.52. The van der Waals surface area contributed by atoms with Gasteiger partial charge in [0.25, 0.3) is 0 Å². The number of para-hydroxylation sites is 4. The minimum Gasteiger partial charge on any atom is -0.278 e. The second-order valence-corrected chi connectivity index (χ2v) is 12.5. The molecule has 3 aromatic heterocycles. The highest BCUT2D eigenvalue weighted by Crippen LogP contribution is 2.50. The van der Waals surface area contributed by atoms with Crippen molar-refractivity contribution < 1.29 is 0 Å². The summed E-state index contributed by atoms with van der Waals surface area (Å²) in [5, 5.41) is 2.28. The van der Waals surface area contributed by atoms with Crippen LogP contribution in [-0.4, -0.2) is 18.9 Å². The maximum absolute atomic E-state index is 7.13. The van der Waals surface area contributed by atoms with Gasteiger partial charge in [0.2, 0.25) is 5.78 Å². The van der Waals surface area contributed by atoms with Gasteiger partial charge in [-0.15, -0.1) is 0 Å². The molecule has 0 amide bonds. The first-order valence-corrected chi connectivity index (χ1v) is 15.2. The molecule has 0 spiro atoms. The van der Waals surface area contributed by atoms with Gasteiger partial charge in [-0.3, -0.25) is 14.0 Å². The number of hydrogen-bond acceptors (Lipinski definition) is 2. The van der Waals surface area contributed by atoms with Crippen molar-refractivity contribution in [2.45, 2.75) is 5.92 Å². The molecule has 7 aromatic rings. The Morgan fingerprint density at radius 2 is 1.05 bits per heavy atom. The van der Waals surface area contributed by atoms with Crippen molar-refractivity contribution in [2.75, 3.05) is 0 Å². The number of hydrogen-bond donors (Lipinski definition) is 0. The van der Waals surface area contributed by atoms with Gasteiger partial charge in [0.05, 0.1) is 37.8 Å². The van der Waals surface area contributed by atoms with Crippen molar-refractivity contribution in [1.82, 2.24) is 18.9 Å². The molecule has 0 N–H and O–H groups in total. The molecule has 4 nitrogen and oxygen atoms in total. The number of benzene rings is 4. The number of pyridine rings is 1. The molecule has 0 aliphatic rings. The minimum absolute atomic E-state index is 0.299. The Morgan fingerprint density at radius 1 is 0.548 bits per heavy atom. The van der Waals surface area contributed by atoms with E-state index in [4.69, 9.17) is 86.2 Å². The zero-order valence-corrected chi connectivity index (χ0v) is 26.4. The highest BCUT2D eigenvalue weighted by Gasteiger charge is 2.31. The Kier molecular flexibility index (Phi) is 7.23. The standard InChI is InChI=1S/C31H15Cl7N4/c32-15-9-17(33)27(18(34)10-15)30(29-21(37)13-39-14-22(29)38)28-19(35)11-16(12-20(28)36)41-25-7-3-4-8-26(25)42-24-6-2-1-5-23(24)40-31(41)42/h1-14,30H. The summed E-state index contributed by atoms with van der Waals surface area (Å²) < 4.78 is 4.15. The summed E-state index contributed by atoms with van der Waals surface area (Å²) in [7, 11) is 0. The summed E-state index contributed by atoms with van der Waals surface area (Å²) in [6.07, 6.45) is 2.99. The molecular weight excluding hydrogens is 677 g/mol. The third-order valence-electron chi connectivity index (χ3n) is 7.23. The third kappa shape index (κ3) is 4.44. The third-order valence-corrected chi connectivity index (χ3v) is 9.30. The normalized spacial score (nSPS) is 12.5. The van der Waals surface area contributed by atoms with E-state index in [2.05, 4.69) is 15.5 Å². The van der Waals surface area contributed by atoms with E-state index >= 15 is 0 Å². The van der Waals surface area contributed by atoms with Gasteiger partial charge in [-0.1, -0.05) is 105 Å². The molecule has 1 atom stereocenters. The molecule has 0 aliphatic carbocycles. The van der Waals surface area contributed by atoms with E-state index in [9.17, 15) is 0 Å².